The first kappa shape index (κ1) is 19.6. The van der Waals surface area contributed by atoms with Gasteiger partial charge in [-0.1, -0.05) is 24.3 Å². The zero-order valence-electron chi connectivity index (χ0n) is 15.4. The van der Waals surface area contributed by atoms with Crippen molar-refractivity contribution in [2.45, 2.75) is 25.2 Å². The summed E-state index contributed by atoms with van der Waals surface area (Å²) < 4.78 is 42.3. The molecule has 2 heterocycles. The highest BCUT2D eigenvalue weighted by Gasteiger charge is 2.49. The molecule has 0 bridgehead atoms. The molecule has 0 aliphatic carbocycles. The summed E-state index contributed by atoms with van der Waals surface area (Å²) in [6, 6.07) is 9.82. The Morgan fingerprint density at radius 1 is 1.10 bits per heavy atom. The molecule has 1 aromatic heterocycles. The third kappa shape index (κ3) is 3.51. The average molecular weight is 416 g/mol. The van der Waals surface area contributed by atoms with Crippen LogP contribution in [0.25, 0.3) is 10.9 Å². The minimum atomic E-state index is -4.85. The van der Waals surface area contributed by atoms with Crippen LogP contribution >= 0.6 is 0 Å². The first-order chi connectivity index (χ1) is 14.3. The molecule has 2 aromatic carbocycles. The van der Waals surface area contributed by atoms with Crippen molar-refractivity contribution in [3.8, 4) is 0 Å². The van der Waals surface area contributed by atoms with Crippen molar-refractivity contribution in [1.82, 2.24) is 9.55 Å². The van der Waals surface area contributed by atoms with Crippen LogP contribution in [-0.4, -0.2) is 33.6 Å². The lowest BCUT2D eigenvalue weighted by Gasteiger charge is -2.31. The van der Waals surface area contributed by atoms with Gasteiger partial charge < -0.3 is 5.32 Å². The number of nitrogens with zero attached hydrogens (tertiary/aromatic N) is 3. The fraction of sp³-hybridized carbons (Fsp3) is 0.200. The summed E-state index contributed by atoms with van der Waals surface area (Å²) in [6.07, 6.45) is -4.68. The molecule has 1 atom stereocenters. The predicted octanol–water partition coefficient (Wildman–Crippen LogP) is 2.70. The van der Waals surface area contributed by atoms with Gasteiger partial charge in [0.25, 0.3) is 5.56 Å². The van der Waals surface area contributed by atoms with Gasteiger partial charge in [-0.3, -0.25) is 23.9 Å². The first-order valence-electron chi connectivity index (χ1n) is 8.97. The average Bonchev–Trinajstić information content (AvgIpc) is 2.86. The van der Waals surface area contributed by atoms with Gasteiger partial charge in [-0.15, -0.1) is 0 Å². The maximum atomic E-state index is 13.8. The quantitative estimate of drug-likeness (QED) is 0.696. The van der Waals surface area contributed by atoms with E-state index < -0.39 is 42.6 Å². The summed E-state index contributed by atoms with van der Waals surface area (Å²) >= 11 is 0. The molecular formula is C20H15F3N4O3. The zero-order valence-corrected chi connectivity index (χ0v) is 15.4. The monoisotopic (exact) mass is 416 g/mol. The SMILES string of the molecule is O=C1CC(C(F)(F)F)N(C(=O)Cn2cnc3ccccc3c2=O)c2ccccc2N1. The largest absolute Gasteiger partial charge is 0.409 e. The van der Waals surface area contributed by atoms with Crippen molar-refractivity contribution in [2.75, 3.05) is 10.2 Å². The number of hydrogen-bond acceptors (Lipinski definition) is 4. The second-order valence-corrected chi connectivity index (χ2v) is 6.79. The molecule has 0 saturated heterocycles. The van der Waals surface area contributed by atoms with Crippen LogP contribution in [0.4, 0.5) is 24.5 Å². The maximum absolute atomic E-state index is 13.8. The van der Waals surface area contributed by atoms with Crippen LogP contribution in [-0.2, 0) is 16.1 Å². The fourth-order valence-corrected chi connectivity index (χ4v) is 3.44. The third-order valence-electron chi connectivity index (χ3n) is 4.81. The zero-order chi connectivity index (χ0) is 21.5. The Morgan fingerprint density at radius 3 is 2.57 bits per heavy atom. The number of rotatable bonds is 2. The number of para-hydroxylation sites is 3. The van der Waals surface area contributed by atoms with Gasteiger partial charge >= 0.3 is 6.18 Å². The molecule has 1 N–H and O–H groups in total. The van der Waals surface area contributed by atoms with E-state index in [2.05, 4.69) is 10.3 Å². The van der Waals surface area contributed by atoms with Gasteiger partial charge in [-0.05, 0) is 24.3 Å². The topological polar surface area (TPSA) is 84.3 Å². The number of hydrogen-bond donors (Lipinski definition) is 1. The van der Waals surface area contributed by atoms with E-state index in [9.17, 15) is 27.6 Å². The van der Waals surface area contributed by atoms with Gasteiger partial charge in [0.05, 0.1) is 35.0 Å². The van der Waals surface area contributed by atoms with Gasteiger partial charge in [0.15, 0.2) is 0 Å². The number of nitrogens with one attached hydrogen (secondary N) is 1. The van der Waals surface area contributed by atoms with E-state index in [1.54, 1.807) is 18.2 Å². The van der Waals surface area contributed by atoms with Crippen molar-refractivity contribution in [2.24, 2.45) is 0 Å². The molecule has 1 unspecified atom stereocenters. The summed E-state index contributed by atoms with van der Waals surface area (Å²) in [7, 11) is 0. The molecule has 0 saturated carbocycles. The number of anilines is 2. The Bertz CT molecular complexity index is 1210. The van der Waals surface area contributed by atoms with Crippen LogP contribution in [0, 0.1) is 0 Å². The smallest absolute Gasteiger partial charge is 0.324 e. The van der Waals surface area contributed by atoms with Crippen LogP contribution in [0.3, 0.4) is 0 Å². The van der Waals surface area contributed by atoms with Gasteiger partial charge in [-0.25, -0.2) is 4.98 Å². The number of carbonyl (C=O) groups is 2. The summed E-state index contributed by atoms with van der Waals surface area (Å²) in [4.78, 5) is 42.3. The van der Waals surface area contributed by atoms with Crippen molar-refractivity contribution >= 4 is 34.1 Å². The molecule has 10 heteroatoms. The molecule has 1 aliphatic rings. The minimum Gasteiger partial charge on any atom is -0.324 e. The molecule has 4 rings (SSSR count). The molecular weight excluding hydrogens is 401 g/mol. The fourth-order valence-electron chi connectivity index (χ4n) is 3.44. The van der Waals surface area contributed by atoms with Gasteiger partial charge in [-0.2, -0.15) is 13.2 Å². The number of amides is 2. The minimum absolute atomic E-state index is 0.0857. The third-order valence-corrected chi connectivity index (χ3v) is 4.81. The highest BCUT2D eigenvalue weighted by atomic mass is 19.4. The van der Waals surface area contributed by atoms with Crippen molar-refractivity contribution in [3.05, 3.63) is 65.2 Å². The second kappa shape index (κ2) is 7.29. The number of alkyl halides is 3. The maximum Gasteiger partial charge on any atom is 0.409 e. The van der Waals surface area contributed by atoms with Crippen LogP contribution < -0.4 is 15.8 Å². The summed E-state index contributed by atoms with van der Waals surface area (Å²) in [5, 5.41) is 2.64. The Hall–Kier alpha value is -3.69. The molecule has 30 heavy (non-hydrogen) atoms. The van der Waals surface area contributed by atoms with Crippen LogP contribution in [0.5, 0.6) is 0 Å². The molecule has 7 nitrogen and oxygen atoms in total. The van der Waals surface area contributed by atoms with E-state index in [0.717, 1.165) is 10.9 Å². The standard InChI is InChI=1S/C20H15F3N4O3/c21-20(22,23)16-9-17(28)25-14-7-3-4-8-15(14)27(16)18(29)10-26-11-24-13-6-2-1-5-12(13)19(26)30/h1-8,11,16H,9-10H2,(H,25,28). The van der Waals surface area contributed by atoms with E-state index in [0.29, 0.717) is 10.4 Å². The number of aromatic nitrogens is 2. The lowest BCUT2D eigenvalue weighted by molar-refractivity contribution is -0.158. The summed E-state index contributed by atoms with van der Waals surface area (Å²) in [6.45, 7) is -0.661. The lowest BCUT2D eigenvalue weighted by atomic mass is 10.1. The van der Waals surface area contributed by atoms with Crippen LogP contribution in [0.2, 0.25) is 0 Å². The number of carbonyl (C=O) groups excluding carboxylic acids is 2. The van der Waals surface area contributed by atoms with E-state index in [1.165, 1.54) is 30.3 Å². The number of benzene rings is 2. The van der Waals surface area contributed by atoms with E-state index in [4.69, 9.17) is 0 Å². The first-order valence-corrected chi connectivity index (χ1v) is 8.97. The van der Waals surface area contributed by atoms with Crippen molar-refractivity contribution < 1.29 is 22.8 Å². The lowest BCUT2D eigenvalue weighted by Crippen LogP contribution is -2.51. The Balaban J connectivity index is 1.78. The molecule has 0 fully saturated rings. The van der Waals surface area contributed by atoms with E-state index in [1.807, 2.05) is 0 Å². The molecule has 0 spiro atoms. The Labute approximate surface area is 167 Å². The number of fused-ring (bicyclic) bond motifs is 2. The molecule has 3 aromatic rings. The van der Waals surface area contributed by atoms with Crippen molar-refractivity contribution in [1.29, 1.82) is 0 Å². The molecule has 0 radical (unpaired) electrons. The van der Waals surface area contributed by atoms with Crippen LogP contribution in [0.15, 0.2) is 59.7 Å². The van der Waals surface area contributed by atoms with Gasteiger partial charge in [0, 0.05) is 0 Å². The van der Waals surface area contributed by atoms with E-state index >= 15 is 0 Å². The second-order valence-electron chi connectivity index (χ2n) is 6.79. The van der Waals surface area contributed by atoms with Gasteiger partial charge in [0.2, 0.25) is 11.8 Å². The highest BCUT2D eigenvalue weighted by molar-refractivity contribution is 6.04. The predicted molar refractivity (Wildman–Crippen MR) is 103 cm³/mol. The summed E-state index contributed by atoms with van der Waals surface area (Å²) in [5.74, 6) is -1.84. The van der Waals surface area contributed by atoms with E-state index in [-0.39, 0.29) is 16.8 Å². The molecule has 154 valence electrons. The molecule has 2 amide bonds. The summed E-state index contributed by atoms with van der Waals surface area (Å²) in [5.41, 5.74) is -0.131. The Kier molecular flexibility index (Phi) is 4.76. The van der Waals surface area contributed by atoms with Crippen LogP contribution in [0.1, 0.15) is 6.42 Å². The Morgan fingerprint density at radius 2 is 1.80 bits per heavy atom. The molecule has 1 aliphatic heterocycles. The van der Waals surface area contributed by atoms with Gasteiger partial charge in [0.1, 0.15) is 12.6 Å². The van der Waals surface area contributed by atoms with Crippen molar-refractivity contribution in [3.63, 3.8) is 0 Å². The number of halogens is 3. The highest BCUT2D eigenvalue weighted by Crippen LogP contribution is 2.37. The normalized spacial score (nSPS) is 16.7.